The summed E-state index contributed by atoms with van der Waals surface area (Å²) in [7, 11) is 0. The fraction of sp³-hybridized carbons (Fsp3) is 0.308. The zero-order valence-corrected chi connectivity index (χ0v) is 10.8. The minimum atomic E-state index is -0.364. The van der Waals surface area contributed by atoms with Crippen molar-refractivity contribution in [2.75, 3.05) is 13.2 Å². The van der Waals surface area contributed by atoms with Gasteiger partial charge in [0.1, 0.15) is 12.1 Å². The second kappa shape index (κ2) is 5.52. The normalized spacial score (nSPS) is 11.1. The van der Waals surface area contributed by atoms with Crippen molar-refractivity contribution in [1.82, 2.24) is 0 Å². The molecule has 5 heteroatoms. The quantitative estimate of drug-likeness (QED) is 0.637. The highest BCUT2D eigenvalue weighted by molar-refractivity contribution is 6.32. The van der Waals surface area contributed by atoms with Crippen molar-refractivity contribution in [1.29, 1.82) is 0 Å². The van der Waals surface area contributed by atoms with Crippen molar-refractivity contribution in [3.63, 3.8) is 0 Å². The molecule has 0 amide bonds. The molecule has 0 atom stereocenters. The van der Waals surface area contributed by atoms with Gasteiger partial charge in [-0.15, -0.1) is 0 Å². The molecule has 2 rings (SSSR count). The summed E-state index contributed by atoms with van der Waals surface area (Å²) in [5, 5.41) is 12.2. The van der Waals surface area contributed by atoms with Crippen molar-refractivity contribution < 1.29 is 14.8 Å². The number of aliphatic hydroxyl groups excluding tert-OH is 1. The summed E-state index contributed by atoms with van der Waals surface area (Å²) < 4.78 is 5.17. The number of aliphatic hydroxyl groups is 1. The van der Waals surface area contributed by atoms with Gasteiger partial charge in [0.2, 0.25) is 0 Å². The van der Waals surface area contributed by atoms with Gasteiger partial charge in [0, 0.05) is 22.0 Å². The van der Waals surface area contributed by atoms with Gasteiger partial charge < -0.3 is 14.8 Å². The number of fused-ring (bicyclic) bond motifs is 1. The van der Waals surface area contributed by atoms with E-state index in [4.69, 9.17) is 21.1 Å². The summed E-state index contributed by atoms with van der Waals surface area (Å²) in [6.07, 6.45) is 0. The van der Waals surface area contributed by atoms with Crippen LogP contribution in [0, 0.1) is 6.92 Å². The summed E-state index contributed by atoms with van der Waals surface area (Å²) in [6, 6.07) is 5.06. The number of hydrogen-bond donors (Lipinski definition) is 2. The Morgan fingerprint density at radius 3 is 2.89 bits per heavy atom. The predicted molar refractivity (Wildman–Crippen MR) is 69.8 cm³/mol. The van der Waals surface area contributed by atoms with Gasteiger partial charge in [-0.1, -0.05) is 11.6 Å². The fourth-order valence-corrected chi connectivity index (χ4v) is 2.03. The second-order valence-corrected chi connectivity index (χ2v) is 4.60. The Kier molecular flexibility index (Phi) is 4.01. The third kappa shape index (κ3) is 2.72. The van der Waals surface area contributed by atoms with Crippen molar-refractivity contribution in [2.45, 2.75) is 13.5 Å². The van der Waals surface area contributed by atoms with E-state index in [-0.39, 0.29) is 12.2 Å². The minimum absolute atomic E-state index is 0.110. The molecule has 0 saturated heterocycles. The predicted octanol–water partition coefficient (Wildman–Crippen LogP) is 0.811. The molecule has 0 aliphatic heterocycles. The number of aryl methyl sites for hydroxylation is 1. The first-order chi connectivity index (χ1) is 8.61. The molecule has 0 unspecified atom stereocenters. The van der Waals surface area contributed by atoms with Crippen LogP contribution in [0.5, 0.6) is 0 Å². The first-order valence-corrected chi connectivity index (χ1v) is 6.15. The van der Waals surface area contributed by atoms with Crippen molar-refractivity contribution in [2.24, 2.45) is 0 Å². The lowest BCUT2D eigenvalue weighted by Crippen LogP contribution is -2.83. The fourth-order valence-electron chi connectivity index (χ4n) is 1.87. The van der Waals surface area contributed by atoms with Crippen molar-refractivity contribution in [3.05, 3.63) is 44.8 Å². The van der Waals surface area contributed by atoms with E-state index in [1.807, 2.05) is 18.3 Å². The first-order valence-electron chi connectivity index (χ1n) is 5.77. The lowest BCUT2D eigenvalue weighted by Gasteiger charge is -2.06. The number of rotatable bonds is 4. The Balaban J connectivity index is 2.50. The van der Waals surface area contributed by atoms with Crippen LogP contribution < -0.4 is 10.9 Å². The Morgan fingerprint density at radius 2 is 2.17 bits per heavy atom. The number of nitrogens with two attached hydrogens (primary N) is 1. The highest BCUT2D eigenvalue weighted by Gasteiger charge is 2.09. The van der Waals surface area contributed by atoms with E-state index in [0.717, 1.165) is 16.5 Å². The van der Waals surface area contributed by atoms with E-state index < -0.39 is 0 Å². The smallest absolute Gasteiger partial charge is 0.336 e. The van der Waals surface area contributed by atoms with E-state index in [0.29, 0.717) is 23.7 Å². The molecule has 4 nitrogen and oxygen atoms in total. The van der Waals surface area contributed by atoms with Gasteiger partial charge in [0.05, 0.1) is 13.2 Å². The Labute approximate surface area is 109 Å². The van der Waals surface area contributed by atoms with Gasteiger partial charge in [-0.2, -0.15) is 0 Å². The van der Waals surface area contributed by atoms with E-state index >= 15 is 0 Å². The van der Waals surface area contributed by atoms with Gasteiger partial charge in [-0.25, -0.2) is 4.79 Å². The summed E-state index contributed by atoms with van der Waals surface area (Å²) in [5.74, 6) is 0. The number of benzene rings is 1. The monoisotopic (exact) mass is 268 g/mol. The molecule has 96 valence electrons. The molecular weight excluding hydrogens is 254 g/mol. The third-order valence-corrected chi connectivity index (χ3v) is 3.21. The van der Waals surface area contributed by atoms with Crippen molar-refractivity contribution in [3.8, 4) is 0 Å². The van der Waals surface area contributed by atoms with Crippen LogP contribution in [0.3, 0.4) is 0 Å². The van der Waals surface area contributed by atoms with E-state index in [9.17, 15) is 4.79 Å². The third-order valence-electron chi connectivity index (χ3n) is 2.81. The number of hydrogen-bond acceptors (Lipinski definition) is 3. The largest absolute Gasteiger partial charge is 0.423 e. The van der Waals surface area contributed by atoms with Crippen LogP contribution in [0.2, 0.25) is 5.02 Å². The standard InChI is InChI=1S/C13H14ClNO3/c1-8-4-12-10(6-11(8)14)9(5-13(17)18-12)7-15-2-3-16/h4-6,15-16H,2-3,7H2,1H3/p+1. The zero-order valence-electron chi connectivity index (χ0n) is 10.1. The average Bonchev–Trinajstić information content (AvgIpc) is 2.32. The van der Waals surface area contributed by atoms with Gasteiger partial charge in [-0.05, 0) is 24.6 Å². The molecule has 3 N–H and O–H groups in total. The topological polar surface area (TPSA) is 67.0 Å². The SMILES string of the molecule is Cc1cc2oc(=O)cc(C[NH2+]CCO)c2cc1Cl. The highest BCUT2D eigenvalue weighted by Crippen LogP contribution is 2.24. The number of quaternary nitrogens is 1. The number of halogens is 1. The highest BCUT2D eigenvalue weighted by atomic mass is 35.5. The molecule has 0 spiro atoms. The maximum Gasteiger partial charge on any atom is 0.336 e. The maximum absolute atomic E-state index is 11.5. The summed E-state index contributed by atoms with van der Waals surface area (Å²) >= 11 is 6.09. The van der Waals surface area contributed by atoms with Gasteiger partial charge in [0.15, 0.2) is 0 Å². The molecule has 2 aromatic rings. The van der Waals surface area contributed by atoms with E-state index in [2.05, 4.69) is 0 Å². The van der Waals surface area contributed by atoms with Crippen LogP contribution in [-0.4, -0.2) is 18.3 Å². The zero-order chi connectivity index (χ0) is 13.1. The summed E-state index contributed by atoms with van der Waals surface area (Å²) in [4.78, 5) is 11.5. The molecule has 0 bridgehead atoms. The van der Waals surface area contributed by atoms with Crippen LogP contribution in [0.25, 0.3) is 11.0 Å². The van der Waals surface area contributed by atoms with E-state index in [1.54, 1.807) is 6.07 Å². The van der Waals surface area contributed by atoms with Crippen LogP contribution >= 0.6 is 11.6 Å². The van der Waals surface area contributed by atoms with Crippen LogP contribution in [0.4, 0.5) is 0 Å². The molecule has 1 heterocycles. The van der Waals surface area contributed by atoms with Crippen molar-refractivity contribution >= 4 is 22.6 Å². The lowest BCUT2D eigenvalue weighted by molar-refractivity contribution is -0.671. The molecule has 0 radical (unpaired) electrons. The Hall–Kier alpha value is -1.36. The molecule has 1 aromatic heterocycles. The van der Waals surface area contributed by atoms with Crippen LogP contribution in [-0.2, 0) is 6.54 Å². The molecular formula is C13H15ClNO3+. The van der Waals surface area contributed by atoms with Crippen LogP contribution in [0.15, 0.2) is 27.4 Å². The van der Waals surface area contributed by atoms with Gasteiger partial charge >= 0.3 is 5.63 Å². The molecule has 0 fully saturated rings. The Bertz CT molecular complexity index is 621. The molecule has 0 aliphatic carbocycles. The second-order valence-electron chi connectivity index (χ2n) is 4.19. The lowest BCUT2D eigenvalue weighted by atomic mass is 10.1. The Morgan fingerprint density at radius 1 is 1.39 bits per heavy atom. The van der Waals surface area contributed by atoms with Gasteiger partial charge in [0.25, 0.3) is 0 Å². The molecule has 0 saturated carbocycles. The van der Waals surface area contributed by atoms with E-state index in [1.165, 1.54) is 6.07 Å². The molecule has 1 aromatic carbocycles. The molecule has 18 heavy (non-hydrogen) atoms. The first kappa shape index (κ1) is 13.1. The summed E-state index contributed by atoms with van der Waals surface area (Å²) in [6.45, 7) is 3.19. The minimum Gasteiger partial charge on any atom is -0.423 e. The average molecular weight is 269 g/mol. The summed E-state index contributed by atoms with van der Waals surface area (Å²) in [5.41, 5.74) is 1.94. The van der Waals surface area contributed by atoms with Crippen LogP contribution in [0.1, 0.15) is 11.1 Å². The maximum atomic E-state index is 11.5. The molecule has 0 aliphatic rings. The van der Waals surface area contributed by atoms with Gasteiger partial charge in [-0.3, -0.25) is 0 Å².